The molecule has 0 bridgehead atoms. The lowest BCUT2D eigenvalue weighted by atomic mass is 10.3. The molecule has 0 atom stereocenters. The first kappa shape index (κ1) is 16.9. The number of rotatable bonds is 5. The van der Waals surface area contributed by atoms with Crippen LogP contribution in [0.5, 0.6) is 0 Å². The van der Waals surface area contributed by atoms with Crippen molar-refractivity contribution in [2.24, 2.45) is 0 Å². The number of nitrogens with one attached hydrogen (secondary N) is 1. The lowest BCUT2D eigenvalue weighted by molar-refractivity contribution is -0.122. The largest absolute Gasteiger partial charge is 0.355 e. The Morgan fingerprint density at radius 2 is 2.09 bits per heavy atom. The third kappa shape index (κ3) is 4.51. The van der Waals surface area contributed by atoms with Crippen LogP contribution in [0.1, 0.15) is 34.9 Å². The van der Waals surface area contributed by atoms with E-state index in [-0.39, 0.29) is 11.8 Å². The van der Waals surface area contributed by atoms with E-state index >= 15 is 0 Å². The SMILES string of the molecule is CCNC(=O)CN1CCCN(C(=O)c2cnc(CC)s2)CC1. The number of carbonyl (C=O) groups is 2. The van der Waals surface area contributed by atoms with Gasteiger partial charge in [-0.3, -0.25) is 14.5 Å². The van der Waals surface area contributed by atoms with Crippen molar-refractivity contribution in [1.29, 1.82) is 0 Å². The van der Waals surface area contributed by atoms with Crippen molar-refractivity contribution in [1.82, 2.24) is 20.1 Å². The van der Waals surface area contributed by atoms with Crippen LogP contribution >= 0.6 is 11.3 Å². The predicted octanol–water partition coefficient (Wildman–Crippen LogP) is 0.989. The van der Waals surface area contributed by atoms with Gasteiger partial charge in [0.2, 0.25) is 5.91 Å². The van der Waals surface area contributed by atoms with Gasteiger partial charge in [0.05, 0.1) is 17.7 Å². The average Bonchev–Trinajstić information content (AvgIpc) is 2.87. The summed E-state index contributed by atoms with van der Waals surface area (Å²) < 4.78 is 0. The molecule has 0 unspecified atom stereocenters. The van der Waals surface area contributed by atoms with Gasteiger partial charge < -0.3 is 10.2 Å². The Balaban J connectivity index is 1.89. The van der Waals surface area contributed by atoms with Crippen LogP contribution in [0.2, 0.25) is 0 Å². The Morgan fingerprint density at radius 3 is 2.77 bits per heavy atom. The van der Waals surface area contributed by atoms with Crippen molar-refractivity contribution in [3.8, 4) is 0 Å². The molecule has 0 radical (unpaired) electrons. The zero-order valence-electron chi connectivity index (χ0n) is 13.3. The Hall–Kier alpha value is -1.47. The Bertz CT molecular complexity index is 517. The van der Waals surface area contributed by atoms with Gasteiger partial charge in [0.15, 0.2) is 0 Å². The fourth-order valence-corrected chi connectivity index (χ4v) is 3.34. The van der Waals surface area contributed by atoms with Crippen LogP contribution in [-0.4, -0.2) is 65.9 Å². The highest BCUT2D eigenvalue weighted by Gasteiger charge is 2.22. The minimum absolute atomic E-state index is 0.0531. The maximum absolute atomic E-state index is 12.5. The summed E-state index contributed by atoms with van der Waals surface area (Å²) in [6.45, 7) is 8.02. The summed E-state index contributed by atoms with van der Waals surface area (Å²) in [5.74, 6) is 0.120. The molecule has 0 spiro atoms. The molecule has 2 rings (SSSR count). The van der Waals surface area contributed by atoms with Crippen LogP contribution in [-0.2, 0) is 11.2 Å². The Kier molecular flexibility index (Phi) is 6.33. The van der Waals surface area contributed by atoms with Gasteiger partial charge >= 0.3 is 0 Å². The molecular weight excluding hydrogens is 300 g/mol. The number of aryl methyl sites for hydroxylation is 1. The van der Waals surface area contributed by atoms with Crippen molar-refractivity contribution >= 4 is 23.2 Å². The lowest BCUT2D eigenvalue weighted by Crippen LogP contribution is -2.39. The van der Waals surface area contributed by atoms with Crippen LogP contribution in [0.4, 0.5) is 0 Å². The van der Waals surface area contributed by atoms with Gasteiger partial charge in [0.25, 0.3) is 5.91 Å². The van der Waals surface area contributed by atoms with E-state index in [4.69, 9.17) is 0 Å². The molecule has 6 nitrogen and oxygen atoms in total. The zero-order chi connectivity index (χ0) is 15.9. The molecule has 22 heavy (non-hydrogen) atoms. The molecule has 1 aliphatic heterocycles. The van der Waals surface area contributed by atoms with Crippen LogP contribution in [0.3, 0.4) is 0 Å². The average molecular weight is 324 g/mol. The minimum atomic E-state index is 0.0531. The fraction of sp³-hybridized carbons (Fsp3) is 0.667. The number of likely N-dealkylation sites (N-methyl/N-ethyl adjacent to an activating group) is 1. The number of aromatic nitrogens is 1. The second kappa shape index (κ2) is 8.24. The summed E-state index contributed by atoms with van der Waals surface area (Å²) in [6.07, 6.45) is 3.44. The van der Waals surface area contributed by atoms with E-state index in [1.807, 2.05) is 18.7 Å². The molecule has 2 heterocycles. The maximum atomic E-state index is 12.5. The Morgan fingerprint density at radius 1 is 1.27 bits per heavy atom. The summed E-state index contributed by atoms with van der Waals surface area (Å²) in [5.41, 5.74) is 0. The smallest absolute Gasteiger partial charge is 0.265 e. The van der Waals surface area contributed by atoms with Gasteiger partial charge in [-0.1, -0.05) is 6.92 Å². The van der Waals surface area contributed by atoms with Crippen LogP contribution < -0.4 is 5.32 Å². The summed E-state index contributed by atoms with van der Waals surface area (Å²) in [5, 5.41) is 3.81. The van der Waals surface area contributed by atoms with E-state index in [0.29, 0.717) is 24.5 Å². The number of thiazole rings is 1. The van der Waals surface area contributed by atoms with Gasteiger partial charge in [-0.25, -0.2) is 4.98 Å². The second-order valence-corrected chi connectivity index (χ2v) is 6.46. The highest BCUT2D eigenvalue weighted by molar-refractivity contribution is 7.13. The first-order valence-electron chi connectivity index (χ1n) is 7.87. The van der Waals surface area contributed by atoms with E-state index in [1.54, 1.807) is 6.20 Å². The van der Waals surface area contributed by atoms with E-state index in [1.165, 1.54) is 11.3 Å². The number of hydrogen-bond donors (Lipinski definition) is 1. The molecule has 1 aromatic heterocycles. The van der Waals surface area contributed by atoms with Gasteiger partial charge in [-0.05, 0) is 19.8 Å². The highest BCUT2D eigenvalue weighted by Crippen LogP contribution is 2.17. The predicted molar refractivity (Wildman–Crippen MR) is 87.1 cm³/mol. The summed E-state index contributed by atoms with van der Waals surface area (Å²) in [6, 6.07) is 0. The van der Waals surface area contributed by atoms with E-state index in [9.17, 15) is 9.59 Å². The number of hydrogen-bond acceptors (Lipinski definition) is 5. The number of carbonyl (C=O) groups excluding carboxylic acids is 2. The molecule has 2 amide bonds. The fourth-order valence-electron chi connectivity index (χ4n) is 2.52. The maximum Gasteiger partial charge on any atom is 0.265 e. The lowest BCUT2D eigenvalue weighted by Gasteiger charge is -2.21. The molecule has 1 aromatic rings. The zero-order valence-corrected chi connectivity index (χ0v) is 14.1. The summed E-state index contributed by atoms with van der Waals surface area (Å²) in [4.78, 5) is 33.1. The van der Waals surface area contributed by atoms with Crippen LogP contribution in [0.25, 0.3) is 0 Å². The quantitative estimate of drug-likeness (QED) is 0.877. The van der Waals surface area contributed by atoms with Gasteiger partial charge in [-0.2, -0.15) is 0 Å². The first-order valence-corrected chi connectivity index (χ1v) is 8.68. The third-order valence-corrected chi connectivity index (χ3v) is 4.81. The molecule has 0 aromatic carbocycles. The standard InChI is InChI=1S/C15H24N4O2S/c1-3-14-17-10-12(22-14)15(21)19-7-5-6-18(8-9-19)11-13(20)16-4-2/h10H,3-9,11H2,1-2H3,(H,16,20). The van der Waals surface area contributed by atoms with Crippen molar-refractivity contribution in [3.63, 3.8) is 0 Å². The van der Waals surface area contributed by atoms with E-state index in [2.05, 4.69) is 15.2 Å². The summed E-state index contributed by atoms with van der Waals surface area (Å²) >= 11 is 1.48. The number of nitrogens with zero attached hydrogens (tertiary/aromatic N) is 3. The van der Waals surface area contributed by atoms with Crippen molar-refractivity contribution in [2.45, 2.75) is 26.7 Å². The highest BCUT2D eigenvalue weighted by atomic mass is 32.1. The number of amides is 2. The monoisotopic (exact) mass is 324 g/mol. The molecule has 7 heteroatoms. The molecule has 122 valence electrons. The van der Waals surface area contributed by atoms with E-state index < -0.39 is 0 Å². The van der Waals surface area contributed by atoms with Crippen LogP contribution in [0, 0.1) is 0 Å². The van der Waals surface area contributed by atoms with Gasteiger partial charge in [0.1, 0.15) is 4.88 Å². The van der Waals surface area contributed by atoms with Crippen molar-refractivity contribution in [2.75, 3.05) is 39.3 Å². The Labute approximate surface area is 135 Å². The second-order valence-electron chi connectivity index (χ2n) is 5.35. The molecule has 1 fully saturated rings. The molecule has 1 aliphatic rings. The normalized spacial score (nSPS) is 16.4. The molecule has 0 saturated carbocycles. The van der Waals surface area contributed by atoms with Crippen LogP contribution in [0.15, 0.2) is 6.20 Å². The van der Waals surface area contributed by atoms with Gasteiger partial charge in [0, 0.05) is 32.7 Å². The molecule has 0 aliphatic carbocycles. The van der Waals surface area contributed by atoms with E-state index in [0.717, 1.165) is 37.5 Å². The first-order chi connectivity index (χ1) is 10.6. The summed E-state index contributed by atoms with van der Waals surface area (Å²) in [7, 11) is 0. The van der Waals surface area contributed by atoms with Crippen molar-refractivity contribution in [3.05, 3.63) is 16.1 Å². The van der Waals surface area contributed by atoms with Crippen molar-refractivity contribution < 1.29 is 9.59 Å². The minimum Gasteiger partial charge on any atom is -0.355 e. The van der Waals surface area contributed by atoms with Gasteiger partial charge in [-0.15, -0.1) is 11.3 Å². The molecule has 1 saturated heterocycles. The topological polar surface area (TPSA) is 65.5 Å². The molecular formula is C15H24N4O2S. The third-order valence-electron chi connectivity index (χ3n) is 3.68. The molecule has 1 N–H and O–H groups in total.